The van der Waals surface area contributed by atoms with Gasteiger partial charge in [-0.15, -0.1) is 24.0 Å². The van der Waals surface area contributed by atoms with Gasteiger partial charge in [-0.05, 0) is 37.0 Å². The van der Waals surface area contributed by atoms with Crippen LogP contribution < -0.4 is 10.1 Å². The average Bonchev–Trinajstić information content (AvgIpc) is 2.77. The summed E-state index contributed by atoms with van der Waals surface area (Å²) in [7, 11) is 6.38. The molecule has 0 spiro atoms. The third-order valence-electron chi connectivity index (χ3n) is 4.92. The van der Waals surface area contributed by atoms with E-state index in [1.807, 2.05) is 6.07 Å². The first-order chi connectivity index (χ1) is 14.1. The quantitative estimate of drug-likeness (QED) is 0.171. The van der Waals surface area contributed by atoms with Crippen LogP contribution in [0.15, 0.2) is 23.2 Å². The van der Waals surface area contributed by atoms with E-state index in [4.69, 9.17) is 18.9 Å². The summed E-state index contributed by atoms with van der Waals surface area (Å²) in [5.74, 6) is 0.927. The van der Waals surface area contributed by atoms with E-state index in [9.17, 15) is 4.79 Å². The number of halogens is 1. The number of nitrogens with zero attached hydrogens (tertiary/aromatic N) is 2. The smallest absolute Gasteiger partial charge is 0.341 e. The molecule has 0 amide bonds. The molecular formula is C21H34IN3O5. The Labute approximate surface area is 196 Å². The van der Waals surface area contributed by atoms with Crippen molar-refractivity contribution in [2.45, 2.75) is 31.9 Å². The van der Waals surface area contributed by atoms with Crippen molar-refractivity contribution in [2.75, 3.05) is 54.7 Å². The van der Waals surface area contributed by atoms with E-state index < -0.39 is 5.97 Å². The Morgan fingerprint density at radius 2 is 1.93 bits per heavy atom. The molecule has 8 nitrogen and oxygen atoms in total. The zero-order chi connectivity index (χ0) is 21.1. The Morgan fingerprint density at radius 1 is 1.20 bits per heavy atom. The van der Waals surface area contributed by atoms with Crippen molar-refractivity contribution in [3.05, 3.63) is 29.3 Å². The fourth-order valence-corrected chi connectivity index (χ4v) is 3.34. The van der Waals surface area contributed by atoms with Crippen molar-refractivity contribution in [2.24, 2.45) is 4.99 Å². The van der Waals surface area contributed by atoms with E-state index in [2.05, 4.69) is 15.2 Å². The number of aliphatic imine (C=N–C) groups is 1. The Kier molecular flexibility index (Phi) is 12.7. The maximum atomic E-state index is 12.0. The van der Waals surface area contributed by atoms with E-state index in [0.29, 0.717) is 24.0 Å². The molecule has 0 bridgehead atoms. The number of hydrogen-bond donors (Lipinski definition) is 1. The molecule has 1 aromatic rings. The van der Waals surface area contributed by atoms with Crippen molar-refractivity contribution >= 4 is 35.9 Å². The molecule has 9 heteroatoms. The molecule has 1 N–H and O–H groups in total. The van der Waals surface area contributed by atoms with Crippen LogP contribution in [0.5, 0.6) is 5.75 Å². The van der Waals surface area contributed by atoms with Gasteiger partial charge in [0.1, 0.15) is 11.3 Å². The minimum atomic E-state index is -0.416. The summed E-state index contributed by atoms with van der Waals surface area (Å²) in [5, 5.41) is 3.38. The number of ether oxygens (including phenoxy) is 4. The zero-order valence-corrected chi connectivity index (χ0v) is 20.6. The van der Waals surface area contributed by atoms with Gasteiger partial charge in [0.2, 0.25) is 0 Å². The molecule has 1 saturated heterocycles. The fourth-order valence-electron chi connectivity index (χ4n) is 3.34. The first kappa shape index (κ1) is 26.4. The van der Waals surface area contributed by atoms with Gasteiger partial charge < -0.3 is 29.2 Å². The molecule has 1 aliphatic rings. The Balaban J connectivity index is 0.00000450. The monoisotopic (exact) mass is 535 g/mol. The molecule has 0 unspecified atom stereocenters. The minimum Gasteiger partial charge on any atom is -0.496 e. The molecule has 0 aromatic heterocycles. The Bertz CT molecular complexity index is 679. The molecular weight excluding hydrogens is 501 g/mol. The number of nitrogens with one attached hydrogen (secondary N) is 1. The van der Waals surface area contributed by atoms with Crippen molar-refractivity contribution in [3.8, 4) is 5.75 Å². The molecule has 1 aromatic carbocycles. The van der Waals surface area contributed by atoms with Crippen LogP contribution in [0.2, 0.25) is 0 Å². The molecule has 0 aliphatic carbocycles. The molecule has 170 valence electrons. The SMILES string of the molecule is CN=C(NCc1ccc(OC)c(C(=O)OC)c1)N1CCC(OCCCOC)CC1.I. The lowest BCUT2D eigenvalue weighted by atomic mass is 10.1. The normalized spacial score (nSPS) is 14.8. The number of rotatable bonds is 9. The van der Waals surface area contributed by atoms with Crippen LogP contribution in [-0.4, -0.2) is 77.6 Å². The van der Waals surface area contributed by atoms with Crippen LogP contribution in [0.4, 0.5) is 0 Å². The lowest BCUT2D eigenvalue weighted by Gasteiger charge is -2.34. The average molecular weight is 535 g/mol. The molecule has 1 aliphatic heterocycles. The minimum absolute atomic E-state index is 0. The predicted molar refractivity (Wildman–Crippen MR) is 127 cm³/mol. The summed E-state index contributed by atoms with van der Waals surface area (Å²) >= 11 is 0. The molecule has 0 radical (unpaired) electrons. The molecule has 1 heterocycles. The number of likely N-dealkylation sites (tertiary alicyclic amines) is 1. The lowest BCUT2D eigenvalue weighted by molar-refractivity contribution is 0.00989. The standard InChI is InChI=1S/C21H33N3O5.HI/c1-22-21(24-10-8-17(9-11-24)29-13-5-12-26-2)23-15-16-6-7-19(27-3)18(14-16)20(25)28-4;/h6-7,14,17H,5,8-13,15H2,1-4H3,(H,22,23);1H. The number of esters is 1. The third kappa shape index (κ3) is 7.92. The van der Waals surface area contributed by atoms with Gasteiger partial charge in [-0.3, -0.25) is 4.99 Å². The van der Waals surface area contributed by atoms with Gasteiger partial charge in [-0.25, -0.2) is 4.79 Å². The summed E-state index contributed by atoms with van der Waals surface area (Å²) in [4.78, 5) is 18.6. The van der Waals surface area contributed by atoms with Crippen LogP contribution in [0, 0.1) is 0 Å². The number of guanidine groups is 1. The van der Waals surface area contributed by atoms with Gasteiger partial charge in [0.05, 0.1) is 20.3 Å². The summed E-state index contributed by atoms with van der Waals surface area (Å²) in [6.45, 7) is 3.81. The van der Waals surface area contributed by atoms with E-state index in [0.717, 1.165) is 57.1 Å². The molecule has 30 heavy (non-hydrogen) atoms. The third-order valence-corrected chi connectivity index (χ3v) is 4.92. The molecule has 0 atom stereocenters. The fraction of sp³-hybridized carbons (Fsp3) is 0.619. The number of methoxy groups -OCH3 is 3. The van der Waals surface area contributed by atoms with E-state index in [1.165, 1.54) is 14.2 Å². The van der Waals surface area contributed by atoms with Crippen LogP contribution in [0.25, 0.3) is 0 Å². The van der Waals surface area contributed by atoms with Crippen LogP contribution >= 0.6 is 24.0 Å². The predicted octanol–water partition coefficient (Wildman–Crippen LogP) is 2.69. The van der Waals surface area contributed by atoms with E-state index in [1.54, 1.807) is 26.3 Å². The van der Waals surface area contributed by atoms with Crippen LogP contribution in [0.1, 0.15) is 35.2 Å². The summed E-state index contributed by atoms with van der Waals surface area (Å²) < 4.78 is 21.1. The highest BCUT2D eigenvalue weighted by molar-refractivity contribution is 14.0. The van der Waals surface area contributed by atoms with Gasteiger partial charge in [0.15, 0.2) is 5.96 Å². The number of carbonyl (C=O) groups is 1. The summed E-state index contributed by atoms with van der Waals surface area (Å²) in [6, 6.07) is 5.48. The second-order valence-corrected chi connectivity index (χ2v) is 6.83. The van der Waals surface area contributed by atoms with E-state index >= 15 is 0 Å². The van der Waals surface area contributed by atoms with Gasteiger partial charge in [-0.2, -0.15) is 0 Å². The zero-order valence-electron chi connectivity index (χ0n) is 18.3. The Morgan fingerprint density at radius 3 is 2.53 bits per heavy atom. The van der Waals surface area contributed by atoms with E-state index in [-0.39, 0.29) is 24.0 Å². The summed E-state index contributed by atoms with van der Waals surface area (Å²) in [6.07, 6.45) is 3.17. The number of carbonyl (C=O) groups excluding carboxylic acids is 1. The lowest BCUT2D eigenvalue weighted by Crippen LogP contribution is -2.46. The molecule has 1 fully saturated rings. The highest BCUT2D eigenvalue weighted by atomic mass is 127. The maximum absolute atomic E-state index is 12.0. The molecule has 0 saturated carbocycles. The number of hydrogen-bond acceptors (Lipinski definition) is 6. The largest absolute Gasteiger partial charge is 0.496 e. The van der Waals surface area contributed by atoms with Gasteiger partial charge in [-0.1, -0.05) is 6.07 Å². The van der Waals surface area contributed by atoms with Crippen molar-refractivity contribution in [1.82, 2.24) is 10.2 Å². The molecule has 2 rings (SSSR count). The second kappa shape index (κ2) is 14.4. The van der Waals surface area contributed by atoms with Crippen LogP contribution in [-0.2, 0) is 20.8 Å². The maximum Gasteiger partial charge on any atom is 0.341 e. The second-order valence-electron chi connectivity index (χ2n) is 6.83. The van der Waals surface area contributed by atoms with Gasteiger partial charge >= 0.3 is 5.97 Å². The van der Waals surface area contributed by atoms with Crippen molar-refractivity contribution in [1.29, 1.82) is 0 Å². The first-order valence-electron chi connectivity index (χ1n) is 9.94. The van der Waals surface area contributed by atoms with Gasteiger partial charge in [0, 0.05) is 47.0 Å². The Hall–Kier alpha value is -1.59. The van der Waals surface area contributed by atoms with Crippen molar-refractivity contribution in [3.63, 3.8) is 0 Å². The van der Waals surface area contributed by atoms with Gasteiger partial charge in [0.25, 0.3) is 0 Å². The number of piperidine rings is 1. The topological polar surface area (TPSA) is 81.6 Å². The first-order valence-corrected chi connectivity index (χ1v) is 9.94. The highest BCUT2D eigenvalue weighted by Gasteiger charge is 2.22. The number of benzene rings is 1. The van der Waals surface area contributed by atoms with Crippen molar-refractivity contribution < 1.29 is 23.7 Å². The van der Waals surface area contributed by atoms with Crippen LogP contribution in [0.3, 0.4) is 0 Å². The highest BCUT2D eigenvalue weighted by Crippen LogP contribution is 2.21. The summed E-state index contributed by atoms with van der Waals surface area (Å²) in [5.41, 5.74) is 1.36.